The van der Waals surface area contributed by atoms with Crippen LogP contribution in [0.3, 0.4) is 0 Å². The maximum Gasteiger partial charge on any atom is 0.329 e. The second-order valence-electron chi connectivity index (χ2n) is 6.44. The molecule has 0 radical (unpaired) electrons. The molecule has 2 aliphatic rings. The van der Waals surface area contributed by atoms with Crippen LogP contribution in [0.4, 0.5) is 4.79 Å². The predicted octanol–water partition coefficient (Wildman–Crippen LogP) is 1.53. The summed E-state index contributed by atoms with van der Waals surface area (Å²) in [6.07, 6.45) is 4.89. The number of aliphatic carboxylic acids is 1. The molecule has 2 fully saturated rings. The van der Waals surface area contributed by atoms with Crippen LogP contribution >= 0.6 is 0 Å². The van der Waals surface area contributed by atoms with Crippen LogP contribution in [0.2, 0.25) is 0 Å². The number of hydrogen-bond donors (Lipinski definition) is 2. The van der Waals surface area contributed by atoms with Crippen molar-refractivity contribution in [2.75, 3.05) is 26.2 Å². The number of piperidine rings is 2. The molecule has 120 valence electrons. The second kappa shape index (κ2) is 6.64. The fraction of sp³-hybridized carbons (Fsp3) is 0.867. The Bertz CT molecular complexity index is 399. The van der Waals surface area contributed by atoms with E-state index in [9.17, 15) is 14.7 Å². The highest BCUT2D eigenvalue weighted by molar-refractivity contribution is 5.86. The van der Waals surface area contributed by atoms with Crippen LogP contribution in [0.1, 0.15) is 45.4 Å². The van der Waals surface area contributed by atoms with Crippen LogP contribution in [-0.4, -0.2) is 63.8 Å². The van der Waals surface area contributed by atoms with Crippen LogP contribution in [0, 0.1) is 5.92 Å². The summed E-state index contributed by atoms with van der Waals surface area (Å²) >= 11 is 0. The summed E-state index contributed by atoms with van der Waals surface area (Å²) in [4.78, 5) is 27.7. The van der Waals surface area contributed by atoms with Gasteiger partial charge in [0.15, 0.2) is 0 Å². The molecule has 2 rings (SSSR count). The highest BCUT2D eigenvalue weighted by atomic mass is 16.4. The smallest absolute Gasteiger partial charge is 0.329 e. The Morgan fingerprint density at radius 1 is 1.24 bits per heavy atom. The van der Waals surface area contributed by atoms with E-state index in [0.717, 1.165) is 25.7 Å². The summed E-state index contributed by atoms with van der Waals surface area (Å²) in [5.74, 6) is -0.590. The third kappa shape index (κ3) is 3.31. The lowest BCUT2D eigenvalue weighted by molar-refractivity contribution is -0.150. The van der Waals surface area contributed by atoms with E-state index in [0.29, 0.717) is 38.4 Å². The number of aliphatic hydroxyl groups excluding tert-OH is 1. The molecule has 2 amide bonds. The number of likely N-dealkylation sites (tertiary alicyclic amines) is 2. The number of amides is 2. The largest absolute Gasteiger partial charge is 0.480 e. The van der Waals surface area contributed by atoms with Crippen LogP contribution in [-0.2, 0) is 4.79 Å². The summed E-state index contributed by atoms with van der Waals surface area (Å²) in [5.41, 5.74) is -1.08. The van der Waals surface area contributed by atoms with Gasteiger partial charge in [0.25, 0.3) is 0 Å². The van der Waals surface area contributed by atoms with Crippen molar-refractivity contribution in [1.29, 1.82) is 0 Å². The lowest BCUT2D eigenvalue weighted by Crippen LogP contribution is -2.61. The van der Waals surface area contributed by atoms with Crippen molar-refractivity contribution in [2.45, 2.75) is 51.0 Å². The van der Waals surface area contributed by atoms with Gasteiger partial charge in [-0.15, -0.1) is 0 Å². The van der Waals surface area contributed by atoms with Crippen molar-refractivity contribution in [3.05, 3.63) is 0 Å². The number of carboxylic acid groups (broad SMARTS) is 1. The number of aliphatic hydroxyl groups is 1. The molecule has 2 saturated heterocycles. The lowest BCUT2D eigenvalue weighted by atomic mass is 9.88. The van der Waals surface area contributed by atoms with Crippen LogP contribution < -0.4 is 0 Å². The van der Waals surface area contributed by atoms with Crippen molar-refractivity contribution >= 4 is 12.0 Å². The molecule has 0 aliphatic carbocycles. The number of nitrogens with zero attached hydrogens (tertiary/aromatic N) is 2. The molecule has 6 heteroatoms. The fourth-order valence-electron chi connectivity index (χ4n) is 3.48. The van der Waals surface area contributed by atoms with E-state index in [1.165, 1.54) is 0 Å². The predicted molar refractivity (Wildman–Crippen MR) is 78.0 cm³/mol. The van der Waals surface area contributed by atoms with Gasteiger partial charge < -0.3 is 20.0 Å². The van der Waals surface area contributed by atoms with Gasteiger partial charge in [-0.1, -0.05) is 0 Å². The van der Waals surface area contributed by atoms with Crippen molar-refractivity contribution in [1.82, 2.24) is 9.80 Å². The Kier molecular flexibility index (Phi) is 5.08. The normalized spacial score (nSPS) is 30.3. The number of hydrogen-bond acceptors (Lipinski definition) is 3. The first-order valence-corrected chi connectivity index (χ1v) is 7.90. The number of rotatable bonds is 3. The maximum atomic E-state index is 12.7. The zero-order valence-corrected chi connectivity index (χ0v) is 12.8. The zero-order valence-electron chi connectivity index (χ0n) is 12.8. The van der Waals surface area contributed by atoms with Crippen molar-refractivity contribution in [3.63, 3.8) is 0 Å². The van der Waals surface area contributed by atoms with Crippen molar-refractivity contribution in [2.24, 2.45) is 5.92 Å². The Hall–Kier alpha value is -1.30. The average molecular weight is 298 g/mol. The van der Waals surface area contributed by atoms with Gasteiger partial charge in [-0.2, -0.15) is 0 Å². The minimum absolute atomic E-state index is 0.142. The SMILES string of the molecule is CC1(C(=O)O)CCCCN1C(=O)N1CCCC(CCO)C1. The Balaban J connectivity index is 2.08. The van der Waals surface area contributed by atoms with Gasteiger partial charge in [-0.3, -0.25) is 0 Å². The Morgan fingerprint density at radius 2 is 2.00 bits per heavy atom. The Labute approximate surface area is 125 Å². The molecular formula is C15H26N2O4. The molecule has 0 aromatic rings. The molecule has 2 heterocycles. The van der Waals surface area contributed by atoms with Gasteiger partial charge in [0.05, 0.1) is 0 Å². The van der Waals surface area contributed by atoms with E-state index >= 15 is 0 Å². The van der Waals surface area contributed by atoms with Crippen LogP contribution in [0.25, 0.3) is 0 Å². The summed E-state index contributed by atoms with van der Waals surface area (Å²) in [7, 11) is 0. The third-order valence-electron chi connectivity index (χ3n) is 4.91. The van der Waals surface area contributed by atoms with Gasteiger partial charge in [-0.25, -0.2) is 9.59 Å². The standard InChI is InChI=1S/C15H26N2O4/c1-15(13(19)20)7-2-3-9-17(15)14(21)16-8-4-5-12(11-16)6-10-18/h12,18H,2-11H2,1H3,(H,19,20). The summed E-state index contributed by atoms with van der Waals surface area (Å²) < 4.78 is 0. The van der Waals surface area contributed by atoms with E-state index in [1.807, 2.05) is 0 Å². The topological polar surface area (TPSA) is 81.1 Å². The fourth-order valence-corrected chi connectivity index (χ4v) is 3.48. The summed E-state index contributed by atoms with van der Waals surface area (Å²) in [5, 5.41) is 18.6. The molecule has 0 bridgehead atoms. The van der Waals surface area contributed by atoms with Gasteiger partial charge in [0.1, 0.15) is 5.54 Å². The van der Waals surface area contributed by atoms with Crippen LogP contribution in [0.15, 0.2) is 0 Å². The van der Waals surface area contributed by atoms with Gasteiger partial charge >= 0.3 is 12.0 Å². The minimum Gasteiger partial charge on any atom is -0.480 e. The number of carboxylic acids is 1. The number of carbonyl (C=O) groups excluding carboxylic acids is 1. The summed E-state index contributed by atoms with van der Waals surface area (Å²) in [6.45, 7) is 3.63. The van der Waals surface area contributed by atoms with Gasteiger partial charge in [-0.05, 0) is 51.4 Å². The second-order valence-corrected chi connectivity index (χ2v) is 6.44. The molecule has 0 spiro atoms. The first-order valence-electron chi connectivity index (χ1n) is 7.90. The van der Waals surface area contributed by atoms with Gasteiger partial charge in [0, 0.05) is 26.2 Å². The third-order valence-corrected chi connectivity index (χ3v) is 4.91. The molecule has 2 N–H and O–H groups in total. The first-order chi connectivity index (χ1) is 9.99. The number of urea groups is 1. The highest BCUT2D eigenvalue weighted by Gasteiger charge is 2.45. The quantitative estimate of drug-likeness (QED) is 0.828. The molecule has 2 atom stereocenters. The number of carbonyl (C=O) groups is 2. The van der Waals surface area contributed by atoms with E-state index in [1.54, 1.807) is 16.7 Å². The van der Waals surface area contributed by atoms with Crippen molar-refractivity contribution in [3.8, 4) is 0 Å². The van der Waals surface area contributed by atoms with E-state index in [2.05, 4.69) is 0 Å². The summed E-state index contributed by atoms with van der Waals surface area (Å²) in [6, 6.07) is -0.151. The molecule has 0 saturated carbocycles. The molecule has 0 aromatic carbocycles. The highest BCUT2D eigenvalue weighted by Crippen LogP contribution is 2.30. The molecule has 0 aromatic heterocycles. The molecular weight excluding hydrogens is 272 g/mol. The van der Waals surface area contributed by atoms with E-state index in [4.69, 9.17) is 5.11 Å². The lowest BCUT2D eigenvalue weighted by Gasteiger charge is -2.45. The van der Waals surface area contributed by atoms with Crippen LogP contribution in [0.5, 0.6) is 0 Å². The first kappa shape index (κ1) is 16.1. The molecule has 21 heavy (non-hydrogen) atoms. The molecule has 2 aliphatic heterocycles. The maximum absolute atomic E-state index is 12.7. The molecule has 2 unspecified atom stereocenters. The minimum atomic E-state index is -1.08. The van der Waals surface area contributed by atoms with Gasteiger partial charge in [0.2, 0.25) is 0 Å². The monoisotopic (exact) mass is 298 g/mol. The van der Waals surface area contributed by atoms with E-state index < -0.39 is 11.5 Å². The zero-order chi connectivity index (χ0) is 15.5. The average Bonchev–Trinajstić information content (AvgIpc) is 2.47. The van der Waals surface area contributed by atoms with Crippen molar-refractivity contribution < 1.29 is 19.8 Å². The molecule has 6 nitrogen and oxygen atoms in total. The van der Waals surface area contributed by atoms with E-state index in [-0.39, 0.29) is 12.6 Å². The Morgan fingerprint density at radius 3 is 2.67 bits per heavy atom.